The van der Waals surface area contributed by atoms with Gasteiger partial charge < -0.3 is 0 Å². The number of carbonyl (C=O) groups is 1. The van der Waals surface area contributed by atoms with Gasteiger partial charge in [0.1, 0.15) is 0 Å². The lowest BCUT2D eigenvalue weighted by molar-refractivity contribution is -0.109. The maximum Gasteiger partial charge on any atom is 0.187 e. The van der Waals surface area contributed by atoms with E-state index in [0.29, 0.717) is 0 Å². The second kappa shape index (κ2) is 3.54. The number of hydrogen-bond donors (Lipinski definition) is 0. The van der Waals surface area contributed by atoms with Crippen LogP contribution < -0.4 is 10.4 Å². The van der Waals surface area contributed by atoms with Crippen LogP contribution in [0.2, 0.25) is 0 Å². The Kier molecular flexibility index (Phi) is 2.26. The minimum Gasteiger partial charge on any atom is -0.289 e. The van der Waals surface area contributed by atoms with Gasteiger partial charge in [0.2, 0.25) is 0 Å². The zero-order valence-corrected chi connectivity index (χ0v) is 11.3. The predicted molar refractivity (Wildman–Crippen MR) is 71.2 cm³/mol. The smallest absolute Gasteiger partial charge is 0.187 e. The lowest BCUT2D eigenvalue weighted by Gasteiger charge is -2.03. The normalized spacial score (nSPS) is 16.8. The van der Waals surface area contributed by atoms with E-state index in [1.54, 1.807) is 12.2 Å². The summed E-state index contributed by atoms with van der Waals surface area (Å²) in [7, 11) is 0. The van der Waals surface area contributed by atoms with Gasteiger partial charge in [-0.3, -0.25) is 4.79 Å². The molecule has 3 heteroatoms. The van der Waals surface area contributed by atoms with Crippen molar-refractivity contribution in [2.45, 2.75) is 0 Å². The van der Waals surface area contributed by atoms with E-state index < -0.39 is 0 Å². The SMILES string of the molecule is O=C1C=CC=C2C=c3c(Br)c(Br)ccc3=C12. The van der Waals surface area contributed by atoms with Crippen LogP contribution in [-0.4, -0.2) is 5.78 Å². The molecule has 1 aromatic rings. The van der Waals surface area contributed by atoms with E-state index in [1.807, 2.05) is 24.3 Å². The van der Waals surface area contributed by atoms with Crippen molar-refractivity contribution in [3.63, 3.8) is 0 Å². The molecule has 0 atom stereocenters. The maximum atomic E-state index is 11.8. The molecule has 0 bridgehead atoms. The number of carbonyl (C=O) groups excluding carboxylic acids is 1. The Balaban J connectivity index is 2.51. The van der Waals surface area contributed by atoms with E-state index in [2.05, 4.69) is 31.9 Å². The molecule has 0 N–H and O–H groups in total. The van der Waals surface area contributed by atoms with Crippen molar-refractivity contribution in [1.29, 1.82) is 0 Å². The van der Waals surface area contributed by atoms with Crippen LogP contribution in [0.1, 0.15) is 0 Å². The quantitative estimate of drug-likeness (QED) is 0.709. The van der Waals surface area contributed by atoms with Gasteiger partial charge in [0.05, 0.1) is 0 Å². The fourth-order valence-electron chi connectivity index (χ4n) is 2.04. The predicted octanol–water partition coefficient (Wildman–Crippen LogP) is 2.22. The molecule has 16 heavy (non-hydrogen) atoms. The number of benzene rings is 1. The topological polar surface area (TPSA) is 17.1 Å². The Hall–Kier alpha value is -0.930. The minimum atomic E-state index is 0.0849. The van der Waals surface area contributed by atoms with Crippen molar-refractivity contribution in [1.82, 2.24) is 0 Å². The molecule has 0 fully saturated rings. The first-order valence-electron chi connectivity index (χ1n) is 4.81. The minimum absolute atomic E-state index is 0.0849. The summed E-state index contributed by atoms with van der Waals surface area (Å²) < 4.78 is 2.00. The number of ketones is 1. The fraction of sp³-hybridized carbons (Fsp3) is 0. The van der Waals surface area contributed by atoms with E-state index in [9.17, 15) is 4.79 Å². The molecule has 0 amide bonds. The standard InChI is InChI=1S/C13H6Br2O/c14-10-5-4-8-9(13(10)15)6-7-2-1-3-11(16)12(7)8/h1-6H. The van der Waals surface area contributed by atoms with Crippen molar-refractivity contribution in [3.05, 3.63) is 55.3 Å². The van der Waals surface area contributed by atoms with Crippen LogP contribution in [0, 0.1) is 0 Å². The molecule has 0 radical (unpaired) electrons. The molecule has 0 saturated carbocycles. The van der Waals surface area contributed by atoms with Crippen LogP contribution in [0.25, 0.3) is 11.6 Å². The van der Waals surface area contributed by atoms with Crippen molar-refractivity contribution in [2.24, 2.45) is 0 Å². The monoisotopic (exact) mass is 336 g/mol. The second-order valence-corrected chi connectivity index (χ2v) is 5.33. The first kappa shape index (κ1) is 10.2. The Bertz CT molecular complexity index is 693. The van der Waals surface area contributed by atoms with Crippen molar-refractivity contribution in [2.75, 3.05) is 0 Å². The highest BCUT2D eigenvalue weighted by atomic mass is 79.9. The number of allylic oxidation sites excluding steroid dienone is 4. The molecular weight excluding hydrogens is 332 g/mol. The fourth-order valence-corrected chi connectivity index (χ4v) is 2.84. The molecule has 0 heterocycles. The summed E-state index contributed by atoms with van der Waals surface area (Å²) >= 11 is 7.00. The third kappa shape index (κ3) is 1.31. The highest BCUT2D eigenvalue weighted by molar-refractivity contribution is 9.13. The van der Waals surface area contributed by atoms with E-state index in [4.69, 9.17) is 0 Å². The molecule has 1 nitrogen and oxygen atoms in total. The lowest BCUT2D eigenvalue weighted by Crippen LogP contribution is -2.26. The number of rotatable bonds is 0. The van der Waals surface area contributed by atoms with E-state index in [0.717, 1.165) is 30.5 Å². The van der Waals surface area contributed by atoms with Gasteiger partial charge in [0, 0.05) is 14.5 Å². The average Bonchev–Trinajstić information content (AvgIpc) is 2.64. The third-order valence-corrected chi connectivity index (χ3v) is 4.81. The average molecular weight is 338 g/mol. The Morgan fingerprint density at radius 1 is 1.12 bits per heavy atom. The first-order chi connectivity index (χ1) is 7.68. The van der Waals surface area contributed by atoms with Crippen molar-refractivity contribution < 1.29 is 4.79 Å². The summed E-state index contributed by atoms with van der Waals surface area (Å²) in [6, 6.07) is 3.94. The Morgan fingerprint density at radius 2 is 1.94 bits per heavy atom. The highest BCUT2D eigenvalue weighted by Crippen LogP contribution is 2.24. The van der Waals surface area contributed by atoms with E-state index in [-0.39, 0.29) is 5.78 Å². The molecular formula is C13H6Br2O. The van der Waals surface area contributed by atoms with Crippen LogP contribution in [0.3, 0.4) is 0 Å². The first-order valence-corrected chi connectivity index (χ1v) is 6.40. The number of fused-ring (bicyclic) bond motifs is 2. The summed E-state index contributed by atoms with van der Waals surface area (Å²) in [5.74, 6) is 0.0849. The van der Waals surface area contributed by atoms with Gasteiger partial charge in [-0.25, -0.2) is 0 Å². The van der Waals surface area contributed by atoms with Gasteiger partial charge >= 0.3 is 0 Å². The van der Waals surface area contributed by atoms with Crippen molar-refractivity contribution in [3.8, 4) is 0 Å². The molecule has 0 spiro atoms. The van der Waals surface area contributed by atoms with E-state index in [1.165, 1.54) is 0 Å². The maximum absolute atomic E-state index is 11.8. The van der Waals surface area contributed by atoms with Gasteiger partial charge in [-0.15, -0.1) is 0 Å². The van der Waals surface area contributed by atoms with Gasteiger partial charge in [-0.1, -0.05) is 18.2 Å². The zero-order valence-electron chi connectivity index (χ0n) is 8.13. The largest absolute Gasteiger partial charge is 0.289 e. The van der Waals surface area contributed by atoms with Crippen molar-refractivity contribution >= 4 is 49.3 Å². The molecule has 78 valence electrons. The van der Waals surface area contributed by atoms with Gasteiger partial charge in [0.15, 0.2) is 5.78 Å². The number of halogens is 2. The van der Waals surface area contributed by atoms with E-state index >= 15 is 0 Å². The van der Waals surface area contributed by atoms with Crippen LogP contribution in [0.4, 0.5) is 0 Å². The Labute approximate surface area is 109 Å². The molecule has 0 aromatic heterocycles. The highest BCUT2D eigenvalue weighted by Gasteiger charge is 2.20. The summed E-state index contributed by atoms with van der Waals surface area (Å²) in [6.45, 7) is 0. The van der Waals surface area contributed by atoms with Gasteiger partial charge in [0.25, 0.3) is 0 Å². The third-order valence-electron chi connectivity index (χ3n) is 2.76. The van der Waals surface area contributed by atoms with Crippen LogP contribution in [-0.2, 0) is 4.79 Å². The van der Waals surface area contributed by atoms with Gasteiger partial charge in [-0.05, 0) is 66.1 Å². The molecule has 0 unspecified atom stereocenters. The molecule has 0 aliphatic heterocycles. The zero-order chi connectivity index (χ0) is 11.3. The number of hydrogen-bond acceptors (Lipinski definition) is 1. The molecule has 2 aliphatic carbocycles. The second-order valence-electron chi connectivity index (χ2n) is 3.69. The van der Waals surface area contributed by atoms with Gasteiger partial charge in [-0.2, -0.15) is 0 Å². The van der Waals surface area contributed by atoms with Crippen LogP contribution in [0.15, 0.2) is 44.9 Å². The molecule has 0 saturated heterocycles. The summed E-state index contributed by atoms with van der Waals surface area (Å²) in [6.07, 6.45) is 7.42. The molecule has 2 aliphatic rings. The molecule has 3 rings (SSSR count). The summed E-state index contributed by atoms with van der Waals surface area (Å²) in [5.41, 5.74) is 1.81. The van der Waals surface area contributed by atoms with Crippen LogP contribution >= 0.6 is 31.9 Å². The summed E-state index contributed by atoms with van der Waals surface area (Å²) in [5, 5.41) is 2.09. The molecule has 1 aromatic carbocycles. The van der Waals surface area contributed by atoms with Crippen LogP contribution in [0.5, 0.6) is 0 Å². The lowest BCUT2D eigenvalue weighted by atomic mass is 9.99. The Morgan fingerprint density at radius 3 is 2.75 bits per heavy atom. The summed E-state index contributed by atoms with van der Waals surface area (Å²) in [4.78, 5) is 11.8.